The van der Waals surface area contributed by atoms with Gasteiger partial charge in [0.15, 0.2) is 5.82 Å². The molecule has 1 aliphatic rings. The van der Waals surface area contributed by atoms with Gasteiger partial charge in [0.05, 0.1) is 6.20 Å². The smallest absolute Gasteiger partial charge is 0.308 e. The second kappa shape index (κ2) is 6.75. The first kappa shape index (κ1) is 15.4. The third kappa shape index (κ3) is 4.04. The maximum atomic E-state index is 12.0. The molecule has 6 heteroatoms. The van der Waals surface area contributed by atoms with Crippen LogP contribution < -0.4 is 10.6 Å². The Morgan fingerprint density at radius 3 is 2.78 bits per heavy atom. The van der Waals surface area contributed by atoms with Gasteiger partial charge in [0, 0.05) is 37.7 Å². The van der Waals surface area contributed by atoms with Gasteiger partial charge in [-0.2, -0.15) is 0 Å². The number of carbonyl (C=O) groups excluding carboxylic acids is 1. The first-order valence-corrected chi connectivity index (χ1v) is 7.78. The molecule has 0 unspecified atom stereocenters. The monoisotopic (exact) mass is 311 g/mol. The van der Waals surface area contributed by atoms with E-state index in [0.29, 0.717) is 11.7 Å². The normalized spacial score (nSPS) is 13.9. The fourth-order valence-corrected chi connectivity index (χ4v) is 2.83. The second-order valence-electron chi connectivity index (χ2n) is 6.22. The van der Waals surface area contributed by atoms with E-state index >= 15 is 0 Å². The number of aromatic nitrogens is 2. The molecule has 2 aromatic rings. The molecule has 2 amide bonds. The van der Waals surface area contributed by atoms with Crippen LogP contribution in [0.15, 0.2) is 36.8 Å². The lowest BCUT2D eigenvalue weighted by Gasteiger charge is -2.16. The first-order chi connectivity index (χ1) is 11.1. The fraction of sp³-hybridized carbons (Fsp3) is 0.353. The molecule has 2 heterocycles. The van der Waals surface area contributed by atoms with Crippen molar-refractivity contribution in [2.75, 3.05) is 17.2 Å². The van der Waals surface area contributed by atoms with Crippen LogP contribution in [-0.2, 0) is 13.1 Å². The summed E-state index contributed by atoms with van der Waals surface area (Å²) < 4.78 is 0. The van der Waals surface area contributed by atoms with Gasteiger partial charge >= 0.3 is 6.03 Å². The minimum atomic E-state index is -0.317. The molecular weight excluding hydrogens is 290 g/mol. The summed E-state index contributed by atoms with van der Waals surface area (Å²) in [4.78, 5) is 22.3. The SMILES string of the molecule is CC(C)CN1Cc2ccc(NC(=O)Nc3cnccn3)cc2C1. The summed E-state index contributed by atoms with van der Waals surface area (Å²) in [6, 6.07) is 5.76. The Labute approximate surface area is 135 Å². The molecule has 0 spiro atoms. The first-order valence-electron chi connectivity index (χ1n) is 7.78. The summed E-state index contributed by atoms with van der Waals surface area (Å²) >= 11 is 0. The zero-order chi connectivity index (χ0) is 16.2. The summed E-state index contributed by atoms with van der Waals surface area (Å²) in [7, 11) is 0. The Morgan fingerprint density at radius 1 is 1.22 bits per heavy atom. The van der Waals surface area contributed by atoms with E-state index in [0.717, 1.165) is 25.3 Å². The van der Waals surface area contributed by atoms with E-state index in [9.17, 15) is 4.79 Å². The van der Waals surface area contributed by atoms with Gasteiger partial charge in [0.1, 0.15) is 0 Å². The molecule has 23 heavy (non-hydrogen) atoms. The average Bonchev–Trinajstić information content (AvgIpc) is 2.88. The average molecular weight is 311 g/mol. The number of urea groups is 1. The Kier molecular flexibility index (Phi) is 4.52. The van der Waals surface area contributed by atoms with E-state index in [4.69, 9.17) is 0 Å². The third-order valence-corrected chi connectivity index (χ3v) is 3.68. The zero-order valence-corrected chi connectivity index (χ0v) is 13.4. The lowest BCUT2D eigenvalue weighted by molar-refractivity contribution is 0.251. The van der Waals surface area contributed by atoms with Crippen molar-refractivity contribution in [3.05, 3.63) is 47.9 Å². The standard InChI is InChI=1S/C17H21N5O/c1-12(2)9-22-10-13-3-4-15(7-14(13)11-22)20-17(23)21-16-8-18-5-6-19-16/h3-8,12H,9-11H2,1-2H3,(H2,19,20,21,23). The molecule has 1 aromatic carbocycles. The number of benzene rings is 1. The summed E-state index contributed by atoms with van der Waals surface area (Å²) in [5, 5.41) is 5.50. The van der Waals surface area contributed by atoms with E-state index in [-0.39, 0.29) is 6.03 Å². The summed E-state index contributed by atoms with van der Waals surface area (Å²) in [5.74, 6) is 1.08. The molecule has 120 valence electrons. The number of nitrogens with zero attached hydrogens (tertiary/aromatic N) is 3. The van der Waals surface area contributed by atoms with Crippen molar-refractivity contribution in [3.8, 4) is 0 Å². The van der Waals surface area contributed by atoms with Gasteiger partial charge in [-0.05, 0) is 29.2 Å². The molecule has 3 rings (SSSR count). The van der Waals surface area contributed by atoms with Crippen molar-refractivity contribution < 1.29 is 4.79 Å². The highest BCUT2D eigenvalue weighted by Gasteiger charge is 2.19. The zero-order valence-electron chi connectivity index (χ0n) is 13.4. The van der Waals surface area contributed by atoms with Crippen molar-refractivity contribution in [3.63, 3.8) is 0 Å². The van der Waals surface area contributed by atoms with E-state index in [1.54, 1.807) is 6.20 Å². The van der Waals surface area contributed by atoms with Crippen LogP contribution in [-0.4, -0.2) is 27.4 Å². The van der Waals surface area contributed by atoms with Gasteiger partial charge in [0.25, 0.3) is 0 Å². The van der Waals surface area contributed by atoms with Crippen LogP contribution in [0.5, 0.6) is 0 Å². The van der Waals surface area contributed by atoms with Crippen molar-refractivity contribution in [2.24, 2.45) is 5.92 Å². The van der Waals surface area contributed by atoms with Gasteiger partial charge in [-0.3, -0.25) is 15.2 Å². The lowest BCUT2D eigenvalue weighted by atomic mass is 10.1. The van der Waals surface area contributed by atoms with Crippen LogP contribution in [0.1, 0.15) is 25.0 Å². The van der Waals surface area contributed by atoms with Crippen molar-refractivity contribution in [2.45, 2.75) is 26.9 Å². The molecule has 0 radical (unpaired) electrons. The minimum absolute atomic E-state index is 0.317. The van der Waals surface area contributed by atoms with E-state index in [1.807, 2.05) is 12.1 Å². The summed E-state index contributed by atoms with van der Waals surface area (Å²) in [6.45, 7) is 7.47. The topological polar surface area (TPSA) is 70.2 Å². The molecule has 6 nitrogen and oxygen atoms in total. The summed E-state index contributed by atoms with van der Waals surface area (Å²) in [5.41, 5.74) is 3.41. The maximum absolute atomic E-state index is 12.0. The number of rotatable bonds is 4. The van der Waals surface area contributed by atoms with Crippen molar-refractivity contribution in [1.29, 1.82) is 0 Å². The number of carbonyl (C=O) groups is 1. The van der Waals surface area contributed by atoms with Crippen LogP contribution >= 0.6 is 0 Å². The number of fused-ring (bicyclic) bond motifs is 1. The summed E-state index contributed by atoms with van der Waals surface area (Å²) in [6.07, 6.45) is 4.60. The molecule has 1 aromatic heterocycles. The van der Waals surface area contributed by atoms with Crippen LogP contribution in [0.25, 0.3) is 0 Å². The van der Waals surface area contributed by atoms with Gasteiger partial charge < -0.3 is 5.32 Å². The highest BCUT2D eigenvalue weighted by atomic mass is 16.2. The highest BCUT2D eigenvalue weighted by Crippen LogP contribution is 2.26. The van der Waals surface area contributed by atoms with Crippen LogP contribution in [0.4, 0.5) is 16.3 Å². The molecule has 0 saturated carbocycles. The Bertz CT molecular complexity index is 687. The third-order valence-electron chi connectivity index (χ3n) is 3.68. The predicted molar refractivity (Wildman–Crippen MR) is 90.1 cm³/mol. The van der Waals surface area contributed by atoms with Crippen molar-refractivity contribution in [1.82, 2.24) is 14.9 Å². The molecule has 0 aliphatic carbocycles. The Morgan fingerprint density at radius 2 is 2.04 bits per heavy atom. The molecular formula is C17H21N5O. The minimum Gasteiger partial charge on any atom is -0.308 e. The largest absolute Gasteiger partial charge is 0.324 e. The van der Waals surface area contributed by atoms with Crippen LogP contribution in [0.3, 0.4) is 0 Å². The van der Waals surface area contributed by atoms with Gasteiger partial charge in [0.2, 0.25) is 0 Å². The molecule has 0 saturated heterocycles. The van der Waals surface area contributed by atoms with Crippen LogP contribution in [0.2, 0.25) is 0 Å². The number of nitrogens with one attached hydrogen (secondary N) is 2. The lowest BCUT2D eigenvalue weighted by Crippen LogP contribution is -2.21. The predicted octanol–water partition coefficient (Wildman–Crippen LogP) is 3.09. The van der Waals surface area contributed by atoms with Crippen molar-refractivity contribution >= 4 is 17.5 Å². The number of hydrogen-bond donors (Lipinski definition) is 2. The second-order valence-corrected chi connectivity index (χ2v) is 6.22. The molecule has 1 aliphatic heterocycles. The van der Waals surface area contributed by atoms with E-state index in [1.165, 1.54) is 23.5 Å². The Hall–Kier alpha value is -2.47. The van der Waals surface area contributed by atoms with Gasteiger partial charge in [-0.25, -0.2) is 9.78 Å². The highest BCUT2D eigenvalue weighted by molar-refractivity contribution is 5.99. The van der Waals surface area contributed by atoms with Gasteiger partial charge in [-0.1, -0.05) is 19.9 Å². The van der Waals surface area contributed by atoms with Gasteiger partial charge in [-0.15, -0.1) is 0 Å². The molecule has 0 bridgehead atoms. The molecule has 0 atom stereocenters. The quantitative estimate of drug-likeness (QED) is 0.910. The van der Waals surface area contributed by atoms with E-state index in [2.05, 4.69) is 45.4 Å². The number of anilines is 2. The fourth-order valence-electron chi connectivity index (χ4n) is 2.83. The number of amides is 2. The van der Waals surface area contributed by atoms with E-state index < -0.39 is 0 Å². The van der Waals surface area contributed by atoms with Crippen LogP contribution in [0, 0.1) is 5.92 Å². The molecule has 2 N–H and O–H groups in total. The Balaban J connectivity index is 1.61. The number of hydrogen-bond acceptors (Lipinski definition) is 4. The molecule has 0 fully saturated rings. The maximum Gasteiger partial charge on any atom is 0.324 e.